The third kappa shape index (κ3) is 4.54. The molecule has 0 aromatic heterocycles. The highest BCUT2D eigenvalue weighted by Gasteiger charge is 2.59. The van der Waals surface area contributed by atoms with Crippen LogP contribution >= 0.6 is 0 Å². The summed E-state index contributed by atoms with van der Waals surface area (Å²) in [4.78, 5) is 17.2. The molecule has 0 N–H and O–H groups in total. The summed E-state index contributed by atoms with van der Waals surface area (Å²) in [5.74, 6) is 0. The highest BCUT2D eigenvalue weighted by Crippen LogP contribution is 2.41. The van der Waals surface area contributed by atoms with Crippen LogP contribution < -0.4 is 0 Å². The lowest BCUT2D eigenvalue weighted by Gasteiger charge is -2.65. The Bertz CT molecular complexity index is 1000. The van der Waals surface area contributed by atoms with Crippen LogP contribution in [0.15, 0.2) is 24.3 Å². The molecule has 8 heteroatoms. The summed E-state index contributed by atoms with van der Waals surface area (Å²) < 4.78 is 2.61. The molecular weight excluding hydrogens is 520 g/mol. The topological polar surface area (TPSA) is 19.4 Å². The molecule has 8 aliphatic rings. The highest BCUT2D eigenvalue weighted by atomic mass is 15.6. The standard InChI is InChI=1S/C32H52N8.2CH3/c1-9-33-15-17-37-13-3-21-39(23-19-35(11-1)29(33)31(37)39)25-27-5-7-28(8-6-27)26-40-22-4-14-38-18-16-34-10-2-12-36(20-24-40)30(34)32(38)40;;/h5-8,29-32H,1-4,9-26H2;2*1H3/q+2;2*-1. The molecular formula is C34H58N8. The second kappa shape index (κ2) is 11.4. The summed E-state index contributed by atoms with van der Waals surface area (Å²) in [6.45, 7) is 23.4. The number of nitrogens with zero attached hydrogens (tertiary/aromatic N) is 8. The van der Waals surface area contributed by atoms with Gasteiger partial charge in [0.1, 0.15) is 25.4 Å². The molecule has 1 aromatic carbocycles. The molecule has 0 spiro atoms. The van der Waals surface area contributed by atoms with E-state index in [1.807, 2.05) is 0 Å². The monoisotopic (exact) mass is 578 g/mol. The first kappa shape index (κ1) is 29.6. The first-order valence-corrected chi connectivity index (χ1v) is 17.0. The molecule has 8 saturated heterocycles. The van der Waals surface area contributed by atoms with Crippen molar-refractivity contribution < 1.29 is 8.97 Å². The summed E-state index contributed by atoms with van der Waals surface area (Å²) in [6.07, 6.45) is 8.12. The minimum Gasteiger partial charge on any atom is -0.358 e. The van der Waals surface area contributed by atoms with Gasteiger partial charge in [-0.05, 0) is 12.8 Å². The predicted octanol–water partition coefficient (Wildman–Crippen LogP) is 2.01. The molecule has 0 aliphatic carbocycles. The van der Waals surface area contributed by atoms with Crippen molar-refractivity contribution in [1.82, 2.24) is 29.4 Å². The molecule has 0 amide bonds. The lowest BCUT2D eigenvalue weighted by atomic mass is 9.95. The Kier molecular flexibility index (Phi) is 8.01. The average Bonchev–Trinajstić information content (AvgIpc) is 3.00. The zero-order valence-corrected chi connectivity index (χ0v) is 26.8. The van der Waals surface area contributed by atoms with Crippen LogP contribution in [0.25, 0.3) is 0 Å². The fourth-order valence-corrected chi connectivity index (χ4v) is 11.1. The molecule has 42 heavy (non-hydrogen) atoms. The second-order valence-electron chi connectivity index (χ2n) is 14.7. The molecule has 0 bridgehead atoms. The smallest absolute Gasteiger partial charge is 0.175 e. The van der Waals surface area contributed by atoms with Crippen LogP contribution in [-0.4, -0.2) is 168 Å². The molecule has 0 radical (unpaired) electrons. The molecule has 234 valence electrons. The fourth-order valence-electron chi connectivity index (χ4n) is 11.1. The van der Waals surface area contributed by atoms with Crippen molar-refractivity contribution in [1.29, 1.82) is 0 Å². The van der Waals surface area contributed by atoms with E-state index in [9.17, 15) is 0 Å². The van der Waals surface area contributed by atoms with Gasteiger partial charge >= 0.3 is 0 Å². The molecule has 8 nitrogen and oxygen atoms in total. The number of rotatable bonds is 4. The van der Waals surface area contributed by atoms with Crippen LogP contribution in [0.1, 0.15) is 36.8 Å². The third-order valence-corrected chi connectivity index (χ3v) is 12.8. The first-order chi connectivity index (χ1) is 19.7. The Labute approximate surface area is 256 Å². The Balaban J connectivity index is 0.00000144. The Morgan fingerprint density at radius 3 is 1.21 bits per heavy atom. The van der Waals surface area contributed by atoms with Crippen LogP contribution in [0.5, 0.6) is 0 Å². The van der Waals surface area contributed by atoms with Crippen molar-refractivity contribution in [2.24, 2.45) is 0 Å². The third-order valence-electron chi connectivity index (χ3n) is 12.8. The van der Waals surface area contributed by atoms with Gasteiger partial charge in [-0.1, -0.05) is 24.3 Å². The Morgan fingerprint density at radius 2 is 0.786 bits per heavy atom. The van der Waals surface area contributed by atoms with Gasteiger partial charge in [-0.2, -0.15) is 0 Å². The van der Waals surface area contributed by atoms with E-state index in [-0.39, 0.29) is 14.9 Å². The van der Waals surface area contributed by atoms with E-state index in [1.54, 1.807) is 11.1 Å². The zero-order chi connectivity index (χ0) is 26.3. The normalized spacial score (nSPS) is 40.8. The highest BCUT2D eigenvalue weighted by molar-refractivity contribution is 5.22. The number of hydrogen-bond donors (Lipinski definition) is 0. The number of benzene rings is 1. The van der Waals surface area contributed by atoms with Gasteiger partial charge < -0.3 is 23.8 Å². The van der Waals surface area contributed by atoms with E-state index in [0.717, 1.165) is 0 Å². The van der Waals surface area contributed by atoms with Crippen LogP contribution in [0.3, 0.4) is 0 Å². The zero-order valence-electron chi connectivity index (χ0n) is 26.8. The Morgan fingerprint density at radius 1 is 0.429 bits per heavy atom. The van der Waals surface area contributed by atoms with E-state index in [1.165, 1.54) is 152 Å². The molecule has 8 heterocycles. The van der Waals surface area contributed by atoms with Gasteiger partial charge in [0.2, 0.25) is 0 Å². The molecule has 0 saturated carbocycles. The SMILES string of the molecule is [CH3-].[CH3-].c1cc(C[N+]23CCCN4CCN5CCCN(CC2)C5C43)ccc1C[N+]12CCCN3CCN4CCCN(CC1)C4C32. The van der Waals surface area contributed by atoms with E-state index in [0.29, 0.717) is 24.7 Å². The van der Waals surface area contributed by atoms with Crippen LogP contribution in [-0.2, 0) is 13.1 Å². The van der Waals surface area contributed by atoms with E-state index in [4.69, 9.17) is 0 Å². The lowest BCUT2D eigenvalue weighted by Crippen LogP contribution is -2.82. The molecule has 9 rings (SSSR count). The maximum atomic E-state index is 2.90. The largest absolute Gasteiger partial charge is 0.358 e. The molecule has 8 fully saturated rings. The molecule has 8 aliphatic heterocycles. The van der Waals surface area contributed by atoms with Gasteiger partial charge in [0, 0.05) is 103 Å². The van der Waals surface area contributed by atoms with Gasteiger partial charge in [0.05, 0.1) is 26.2 Å². The minimum atomic E-state index is 0. The van der Waals surface area contributed by atoms with E-state index in [2.05, 4.69) is 53.7 Å². The van der Waals surface area contributed by atoms with Crippen molar-refractivity contribution in [2.75, 3.05) is 105 Å². The van der Waals surface area contributed by atoms with Crippen molar-refractivity contribution in [3.05, 3.63) is 50.2 Å². The number of piperazine rings is 4. The Hall–Kier alpha value is -1.10. The molecule has 1 aromatic rings. The van der Waals surface area contributed by atoms with Crippen molar-refractivity contribution in [2.45, 2.75) is 63.4 Å². The minimum absolute atomic E-state index is 0. The van der Waals surface area contributed by atoms with Gasteiger partial charge in [0.25, 0.3) is 0 Å². The number of quaternary nitrogens is 2. The maximum absolute atomic E-state index is 2.90. The summed E-state index contributed by atoms with van der Waals surface area (Å²) in [6, 6.07) is 10.2. The molecule has 6 atom stereocenters. The van der Waals surface area contributed by atoms with E-state index < -0.39 is 0 Å². The fraction of sp³-hybridized carbons (Fsp3) is 0.765. The van der Waals surface area contributed by atoms with Crippen molar-refractivity contribution in [3.63, 3.8) is 0 Å². The predicted molar refractivity (Wildman–Crippen MR) is 170 cm³/mol. The maximum Gasteiger partial charge on any atom is 0.175 e. The summed E-state index contributed by atoms with van der Waals surface area (Å²) in [5.41, 5.74) is 3.15. The quantitative estimate of drug-likeness (QED) is 0.400. The first-order valence-electron chi connectivity index (χ1n) is 17.0. The molecule has 6 unspecified atom stereocenters. The van der Waals surface area contributed by atoms with Crippen LogP contribution in [0.2, 0.25) is 0 Å². The van der Waals surface area contributed by atoms with Gasteiger partial charge in [0.15, 0.2) is 12.3 Å². The summed E-state index contributed by atoms with van der Waals surface area (Å²) in [7, 11) is 0. The van der Waals surface area contributed by atoms with Gasteiger partial charge in [-0.25, -0.2) is 0 Å². The van der Waals surface area contributed by atoms with Crippen LogP contribution in [0.4, 0.5) is 0 Å². The van der Waals surface area contributed by atoms with Crippen molar-refractivity contribution >= 4 is 0 Å². The lowest BCUT2D eigenvalue weighted by molar-refractivity contribution is -0.989. The van der Waals surface area contributed by atoms with Gasteiger partial charge in [-0.15, -0.1) is 0 Å². The average molecular weight is 579 g/mol. The summed E-state index contributed by atoms with van der Waals surface area (Å²) in [5, 5.41) is 0. The van der Waals surface area contributed by atoms with E-state index >= 15 is 0 Å². The number of hydrogen-bond acceptors (Lipinski definition) is 6. The second-order valence-corrected chi connectivity index (χ2v) is 14.7. The van der Waals surface area contributed by atoms with Gasteiger partial charge in [-0.3, -0.25) is 29.4 Å². The van der Waals surface area contributed by atoms with Crippen LogP contribution in [0, 0.1) is 14.9 Å². The summed E-state index contributed by atoms with van der Waals surface area (Å²) >= 11 is 0. The van der Waals surface area contributed by atoms with Crippen molar-refractivity contribution in [3.8, 4) is 0 Å².